The zero-order chi connectivity index (χ0) is 9.97. The van der Waals surface area contributed by atoms with E-state index in [-0.39, 0.29) is 11.9 Å². The van der Waals surface area contributed by atoms with Gasteiger partial charge in [0, 0.05) is 19.1 Å². The minimum Gasteiger partial charge on any atom is -0.337 e. The molecule has 2 atom stereocenters. The number of rotatable bonds is 2. The van der Waals surface area contributed by atoms with E-state index in [1.165, 1.54) is 0 Å². The molecule has 0 saturated carbocycles. The van der Waals surface area contributed by atoms with Gasteiger partial charge in [0.05, 0.1) is 6.04 Å². The van der Waals surface area contributed by atoms with E-state index in [1.807, 2.05) is 4.90 Å². The van der Waals surface area contributed by atoms with Crippen molar-refractivity contribution in [2.24, 2.45) is 5.73 Å². The van der Waals surface area contributed by atoms with E-state index >= 15 is 0 Å². The van der Waals surface area contributed by atoms with Crippen LogP contribution < -0.4 is 11.1 Å². The van der Waals surface area contributed by atoms with Crippen LogP contribution in [0.25, 0.3) is 0 Å². The van der Waals surface area contributed by atoms with E-state index in [0.717, 1.165) is 38.8 Å². The van der Waals surface area contributed by atoms with Gasteiger partial charge in [0.1, 0.15) is 0 Å². The molecule has 0 aromatic rings. The zero-order valence-electron chi connectivity index (χ0n) is 8.54. The van der Waals surface area contributed by atoms with Crippen LogP contribution in [0.3, 0.4) is 0 Å². The summed E-state index contributed by atoms with van der Waals surface area (Å²) < 4.78 is 0. The molecule has 0 radical (unpaired) electrons. The Labute approximate surface area is 84.8 Å². The van der Waals surface area contributed by atoms with Crippen molar-refractivity contribution in [3.05, 3.63) is 0 Å². The Balaban J connectivity index is 1.95. The van der Waals surface area contributed by atoms with Crippen molar-refractivity contribution < 1.29 is 4.79 Å². The molecule has 0 aromatic heterocycles. The van der Waals surface area contributed by atoms with Gasteiger partial charge in [-0.1, -0.05) is 0 Å². The second-order valence-electron chi connectivity index (χ2n) is 4.21. The van der Waals surface area contributed by atoms with Gasteiger partial charge >= 0.3 is 0 Å². The largest absolute Gasteiger partial charge is 0.337 e. The van der Waals surface area contributed by atoms with Gasteiger partial charge in [-0.15, -0.1) is 0 Å². The second kappa shape index (κ2) is 4.28. The van der Waals surface area contributed by atoms with E-state index in [0.29, 0.717) is 12.6 Å². The highest BCUT2D eigenvalue weighted by atomic mass is 16.2. The normalized spacial score (nSPS) is 32.5. The van der Waals surface area contributed by atoms with E-state index in [9.17, 15) is 4.79 Å². The van der Waals surface area contributed by atoms with E-state index < -0.39 is 0 Å². The first-order chi connectivity index (χ1) is 6.83. The Kier molecular flexibility index (Phi) is 3.03. The Morgan fingerprint density at radius 2 is 2.29 bits per heavy atom. The predicted octanol–water partition coefficient (Wildman–Crippen LogP) is -0.312. The molecule has 80 valence electrons. The lowest BCUT2D eigenvalue weighted by Gasteiger charge is -2.26. The van der Waals surface area contributed by atoms with Crippen LogP contribution >= 0.6 is 0 Å². The van der Waals surface area contributed by atoms with Gasteiger partial charge in [0.25, 0.3) is 0 Å². The Hall–Kier alpha value is -0.610. The summed E-state index contributed by atoms with van der Waals surface area (Å²) in [6, 6.07) is 0.368. The molecule has 0 aliphatic carbocycles. The number of likely N-dealkylation sites (tertiary alicyclic amines) is 1. The minimum atomic E-state index is 0.0714. The molecule has 0 unspecified atom stereocenters. The average Bonchev–Trinajstić information content (AvgIpc) is 2.87. The van der Waals surface area contributed by atoms with Crippen molar-refractivity contribution in [3.63, 3.8) is 0 Å². The fourth-order valence-electron chi connectivity index (χ4n) is 2.47. The van der Waals surface area contributed by atoms with Crippen LogP contribution in [0.4, 0.5) is 0 Å². The third kappa shape index (κ3) is 1.77. The predicted molar refractivity (Wildman–Crippen MR) is 54.8 cm³/mol. The van der Waals surface area contributed by atoms with Crippen molar-refractivity contribution in [2.45, 2.75) is 37.8 Å². The lowest BCUT2D eigenvalue weighted by molar-refractivity contribution is -0.133. The first-order valence-electron chi connectivity index (χ1n) is 5.57. The fraction of sp³-hybridized carbons (Fsp3) is 0.900. The summed E-state index contributed by atoms with van der Waals surface area (Å²) in [5.74, 6) is 0.274. The molecule has 4 nitrogen and oxygen atoms in total. The van der Waals surface area contributed by atoms with Crippen molar-refractivity contribution in [3.8, 4) is 0 Å². The topological polar surface area (TPSA) is 58.4 Å². The molecular formula is C10H19N3O. The molecule has 4 heteroatoms. The van der Waals surface area contributed by atoms with Gasteiger partial charge in [-0.3, -0.25) is 4.79 Å². The van der Waals surface area contributed by atoms with Gasteiger partial charge in [0.2, 0.25) is 5.91 Å². The number of hydrogen-bond donors (Lipinski definition) is 2. The molecule has 0 bridgehead atoms. The Morgan fingerprint density at radius 3 is 2.93 bits per heavy atom. The summed E-state index contributed by atoms with van der Waals surface area (Å²) in [7, 11) is 0. The summed E-state index contributed by atoms with van der Waals surface area (Å²) in [6.45, 7) is 2.49. The number of nitrogens with one attached hydrogen (secondary N) is 1. The first kappa shape index (κ1) is 9.93. The molecule has 2 saturated heterocycles. The number of nitrogens with two attached hydrogens (primary N) is 1. The summed E-state index contributed by atoms with van der Waals surface area (Å²) >= 11 is 0. The molecule has 2 heterocycles. The van der Waals surface area contributed by atoms with E-state index in [4.69, 9.17) is 5.73 Å². The van der Waals surface area contributed by atoms with Gasteiger partial charge in [-0.05, 0) is 32.2 Å². The molecule has 2 aliphatic heterocycles. The highest BCUT2D eigenvalue weighted by Gasteiger charge is 2.33. The summed E-state index contributed by atoms with van der Waals surface area (Å²) in [4.78, 5) is 14.0. The molecule has 2 rings (SSSR count). The Morgan fingerprint density at radius 1 is 1.43 bits per heavy atom. The maximum Gasteiger partial charge on any atom is 0.239 e. The minimum absolute atomic E-state index is 0.0714. The maximum absolute atomic E-state index is 12.0. The van der Waals surface area contributed by atoms with Crippen LogP contribution in [0.5, 0.6) is 0 Å². The van der Waals surface area contributed by atoms with Crippen LogP contribution in [0.1, 0.15) is 25.7 Å². The van der Waals surface area contributed by atoms with Crippen molar-refractivity contribution in [2.75, 3.05) is 19.6 Å². The molecular weight excluding hydrogens is 178 g/mol. The highest BCUT2D eigenvalue weighted by molar-refractivity contribution is 5.82. The smallest absolute Gasteiger partial charge is 0.239 e. The fourth-order valence-corrected chi connectivity index (χ4v) is 2.47. The summed E-state index contributed by atoms with van der Waals surface area (Å²) in [5, 5.41) is 3.25. The molecule has 0 aromatic carbocycles. The Bertz CT molecular complexity index is 213. The first-order valence-corrected chi connectivity index (χ1v) is 5.57. The van der Waals surface area contributed by atoms with Gasteiger partial charge in [0.15, 0.2) is 0 Å². The monoisotopic (exact) mass is 197 g/mol. The third-order valence-electron chi connectivity index (χ3n) is 3.29. The number of amides is 1. The molecule has 2 aliphatic rings. The summed E-state index contributed by atoms with van der Waals surface area (Å²) in [5.41, 5.74) is 5.65. The lowest BCUT2D eigenvalue weighted by atomic mass is 10.1. The molecule has 1 amide bonds. The van der Waals surface area contributed by atoms with E-state index in [2.05, 4.69) is 5.32 Å². The SMILES string of the molecule is NC[C@@H]1CCCN1C(=O)[C@@H]1CCCN1. The number of nitrogens with zero attached hydrogens (tertiary/aromatic N) is 1. The zero-order valence-corrected chi connectivity index (χ0v) is 8.54. The van der Waals surface area contributed by atoms with Crippen LogP contribution in [-0.2, 0) is 4.79 Å². The van der Waals surface area contributed by atoms with Crippen molar-refractivity contribution in [1.29, 1.82) is 0 Å². The third-order valence-corrected chi connectivity index (χ3v) is 3.29. The van der Waals surface area contributed by atoms with Crippen molar-refractivity contribution >= 4 is 5.91 Å². The van der Waals surface area contributed by atoms with Gasteiger partial charge in [-0.2, -0.15) is 0 Å². The van der Waals surface area contributed by atoms with Crippen LogP contribution in [0, 0.1) is 0 Å². The van der Waals surface area contributed by atoms with Crippen molar-refractivity contribution in [1.82, 2.24) is 10.2 Å². The van der Waals surface area contributed by atoms with Crippen LogP contribution in [0.2, 0.25) is 0 Å². The highest BCUT2D eigenvalue weighted by Crippen LogP contribution is 2.19. The quantitative estimate of drug-likeness (QED) is 0.638. The number of hydrogen-bond acceptors (Lipinski definition) is 3. The lowest BCUT2D eigenvalue weighted by Crippen LogP contribution is -2.47. The number of carbonyl (C=O) groups excluding carboxylic acids is 1. The van der Waals surface area contributed by atoms with Crippen LogP contribution in [-0.4, -0.2) is 42.5 Å². The molecule has 0 spiro atoms. The van der Waals surface area contributed by atoms with Crippen LogP contribution in [0.15, 0.2) is 0 Å². The van der Waals surface area contributed by atoms with Gasteiger partial charge in [-0.25, -0.2) is 0 Å². The molecule has 3 N–H and O–H groups in total. The standard InChI is InChI=1S/C10H19N3O/c11-7-8-3-2-6-13(8)10(14)9-4-1-5-12-9/h8-9,12H,1-7,11H2/t8-,9-/m0/s1. The molecule has 2 fully saturated rings. The van der Waals surface area contributed by atoms with Gasteiger partial charge < -0.3 is 16.0 Å². The molecule has 14 heavy (non-hydrogen) atoms. The maximum atomic E-state index is 12.0. The number of carbonyl (C=O) groups is 1. The summed E-state index contributed by atoms with van der Waals surface area (Å²) in [6.07, 6.45) is 4.31. The van der Waals surface area contributed by atoms with E-state index in [1.54, 1.807) is 0 Å². The average molecular weight is 197 g/mol. The second-order valence-corrected chi connectivity index (χ2v) is 4.21.